The van der Waals surface area contributed by atoms with Gasteiger partial charge in [0.15, 0.2) is 11.5 Å². The molecule has 34 heavy (non-hydrogen) atoms. The first kappa shape index (κ1) is 25.4. The lowest BCUT2D eigenvalue weighted by atomic mass is 10.0. The van der Waals surface area contributed by atoms with Crippen molar-refractivity contribution in [2.24, 2.45) is 0 Å². The molecule has 1 saturated heterocycles. The molecule has 0 spiro atoms. The number of carbonyl (C=O) groups is 2. The highest BCUT2D eigenvalue weighted by atomic mass is 19.1. The third-order valence-electron chi connectivity index (χ3n) is 5.58. The van der Waals surface area contributed by atoms with E-state index in [9.17, 15) is 18.4 Å². The number of benzene rings is 2. The molecule has 8 nitrogen and oxygen atoms in total. The third-order valence-corrected chi connectivity index (χ3v) is 5.58. The lowest BCUT2D eigenvalue weighted by molar-refractivity contribution is -0.121. The van der Waals surface area contributed by atoms with E-state index in [-0.39, 0.29) is 30.5 Å². The van der Waals surface area contributed by atoms with E-state index in [1.54, 1.807) is 14.2 Å². The molecule has 1 aliphatic heterocycles. The van der Waals surface area contributed by atoms with Crippen molar-refractivity contribution < 1.29 is 32.6 Å². The number of hydrogen-bond acceptors (Lipinski definition) is 6. The molecular weight excluding hydrogens is 448 g/mol. The Morgan fingerprint density at radius 1 is 1.03 bits per heavy atom. The Bertz CT molecular complexity index is 999. The molecule has 1 heterocycles. The van der Waals surface area contributed by atoms with E-state index in [2.05, 4.69) is 15.5 Å². The highest BCUT2D eigenvalue weighted by molar-refractivity contribution is 5.94. The van der Waals surface area contributed by atoms with E-state index in [4.69, 9.17) is 14.2 Å². The highest BCUT2D eigenvalue weighted by Gasteiger charge is 2.24. The molecule has 3 rings (SSSR count). The number of nitrogens with zero attached hydrogens (tertiary/aromatic N) is 1. The normalized spacial score (nSPS) is 14.8. The molecule has 2 aromatic carbocycles. The van der Waals surface area contributed by atoms with Gasteiger partial charge in [0.2, 0.25) is 5.91 Å². The van der Waals surface area contributed by atoms with Crippen molar-refractivity contribution in [3.05, 3.63) is 59.2 Å². The van der Waals surface area contributed by atoms with Gasteiger partial charge in [0, 0.05) is 38.7 Å². The second-order valence-electron chi connectivity index (χ2n) is 7.71. The SMILES string of the molecule is COc1ccc(C(CNC(=O)CCNC(=O)c2ccc(F)cc2F)N2CCOCC2)cc1OC. The molecule has 0 saturated carbocycles. The number of methoxy groups -OCH3 is 2. The first-order valence-electron chi connectivity index (χ1n) is 11.0. The zero-order valence-electron chi connectivity index (χ0n) is 19.2. The number of amides is 2. The maximum absolute atomic E-state index is 13.7. The summed E-state index contributed by atoms with van der Waals surface area (Å²) in [5.41, 5.74) is 0.683. The molecule has 2 aromatic rings. The Morgan fingerprint density at radius 2 is 1.76 bits per heavy atom. The minimum Gasteiger partial charge on any atom is -0.493 e. The van der Waals surface area contributed by atoms with Crippen LogP contribution in [0.4, 0.5) is 8.78 Å². The Kier molecular flexibility index (Phi) is 9.17. The molecular formula is C24H29F2N3O5. The van der Waals surface area contributed by atoms with Crippen molar-refractivity contribution in [2.45, 2.75) is 12.5 Å². The van der Waals surface area contributed by atoms with Crippen molar-refractivity contribution in [1.29, 1.82) is 0 Å². The minimum atomic E-state index is -0.953. The second-order valence-corrected chi connectivity index (χ2v) is 7.71. The molecule has 0 radical (unpaired) electrons. The quantitative estimate of drug-likeness (QED) is 0.546. The van der Waals surface area contributed by atoms with Crippen LogP contribution in [-0.4, -0.2) is 70.3 Å². The van der Waals surface area contributed by atoms with Crippen LogP contribution in [-0.2, 0) is 9.53 Å². The molecule has 0 aliphatic carbocycles. The summed E-state index contributed by atoms with van der Waals surface area (Å²) in [5, 5.41) is 5.39. The average Bonchev–Trinajstić information content (AvgIpc) is 2.84. The standard InChI is InChI=1S/C24H29F2N3O5/c1-32-21-6-3-16(13-22(21)33-2)20(29-9-11-34-12-10-29)15-28-23(30)7-8-27-24(31)18-5-4-17(25)14-19(18)26/h3-6,13-14,20H,7-12,15H2,1-2H3,(H,27,31)(H,28,30). The minimum absolute atomic E-state index is 0.0102. The number of nitrogens with one attached hydrogen (secondary N) is 2. The molecule has 1 fully saturated rings. The van der Waals surface area contributed by atoms with E-state index >= 15 is 0 Å². The summed E-state index contributed by atoms with van der Waals surface area (Å²) in [6.45, 7) is 2.99. The summed E-state index contributed by atoms with van der Waals surface area (Å²) in [6.07, 6.45) is 0.0102. The maximum Gasteiger partial charge on any atom is 0.254 e. The molecule has 0 bridgehead atoms. The smallest absolute Gasteiger partial charge is 0.254 e. The van der Waals surface area contributed by atoms with Gasteiger partial charge in [0.05, 0.1) is 39.0 Å². The average molecular weight is 478 g/mol. The number of carbonyl (C=O) groups excluding carboxylic acids is 2. The molecule has 0 aromatic heterocycles. The van der Waals surface area contributed by atoms with Crippen molar-refractivity contribution in [2.75, 3.05) is 53.6 Å². The van der Waals surface area contributed by atoms with Crippen LogP contribution < -0.4 is 20.1 Å². The van der Waals surface area contributed by atoms with Gasteiger partial charge in [-0.2, -0.15) is 0 Å². The lowest BCUT2D eigenvalue weighted by Gasteiger charge is -2.35. The number of halogens is 2. The molecule has 1 aliphatic rings. The van der Waals surface area contributed by atoms with E-state index in [1.807, 2.05) is 18.2 Å². The van der Waals surface area contributed by atoms with E-state index < -0.39 is 17.5 Å². The van der Waals surface area contributed by atoms with E-state index in [0.29, 0.717) is 50.4 Å². The topological polar surface area (TPSA) is 89.1 Å². The zero-order chi connectivity index (χ0) is 24.5. The van der Waals surface area contributed by atoms with Crippen molar-refractivity contribution >= 4 is 11.8 Å². The maximum atomic E-state index is 13.7. The monoisotopic (exact) mass is 477 g/mol. The van der Waals surface area contributed by atoms with Crippen LogP contribution in [0, 0.1) is 11.6 Å². The second kappa shape index (κ2) is 12.3. The third kappa shape index (κ3) is 6.64. The van der Waals surface area contributed by atoms with Gasteiger partial charge in [-0.25, -0.2) is 8.78 Å². The van der Waals surface area contributed by atoms with Crippen molar-refractivity contribution in [3.63, 3.8) is 0 Å². The Morgan fingerprint density at radius 3 is 2.44 bits per heavy atom. The molecule has 10 heteroatoms. The van der Waals surface area contributed by atoms with Crippen molar-refractivity contribution in [3.8, 4) is 11.5 Å². The first-order chi connectivity index (χ1) is 16.4. The van der Waals surface area contributed by atoms with Gasteiger partial charge in [0.25, 0.3) is 5.91 Å². The Hall–Kier alpha value is -3.24. The van der Waals surface area contributed by atoms with Crippen LogP contribution in [0.25, 0.3) is 0 Å². The fourth-order valence-corrected chi connectivity index (χ4v) is 3.76. The van der Waals surface area contributed by atoms with Gasteiger partial charge >= 0.3 is 0 Å². The summed E-state index contributed by atoms with van der Waals surface area (Å²) < 4.78 is 42.9. The van der Waals surface area contributed by atoms with Crippen LogP contribution in [0.3, 0.4) is 0 Å². The Labute approximate surface area is 197 Å². The van der Waals surface area contributed by atoms with Gasteiger partial charge in [-0.05, 0) is 29.8 Å². The molecule has 1 unspecified atom stereocenters. The number of rotatable bonds is 10. The van der Waals surface area contributed by atoms with Gasteiger partial charge in [-0.15, -0.1) is 0 Å². The fraction of sp³-hybridized carbons (Fsp3) is 0.417. The summed E-state index contributed by atoms with van der Waals surface area (Å²) >= 11 is 0. The van der Waals surface area contributed by atoms with Gasteiger partial charge in [-0.1, -0.05) is 6.07 Å². The fourth-order valence-electron chi connectivity index (χ4n) is 3.76. The zero-order valence-corrected chi connectivity index (χ0v) is 19.2. The van der Waals surface area contributed by atoms with Crippen LogP contribution in [0.1, 0.15) is 28.4 Å². The molecule has 1 atom stereocenters. The number of morpholine rings is 1. The van der Waals surface area contributed by atoms with E-state index in [0.717, 1.165) is 17.7 Å². The molecule has 2 amide bonds. The summed E-state index contributed by atoms with van der Waals surface area (Å²) in [7, 11) is 3.14. The predicted molar refractivity (Wildman–Crippen MR) is 121 cm³/mol. The summed E-state index contributed by atoms with van der Waals surface area (Å²) in [6, 6.07) is 8.25. The first-order valence-corrected chi connectivity index (χ1v) is 11.0. The largest absolute Gasteiger partial charge is 0.493 e. The summed E-state index contributed by atoms with van der Waals surface area (Å²) in [4.78, 5) is 26.7. The molecule has 184 valence electrons. The van der Waals surface area contributed by atoms with Gasteiger partial charge in [0.1, 0.15) is 11.6 Å². The highest BCUT2D eigenvalue weighted by Crippen LogP contribution is 2.32. The number of hydrogen-bond donors (Lipinski definition) is 2. The van der Waals surface area contributed by atoms with Crippen LogP contribution >= 0.6 is 0 Å². The lowest BCUT2D eigenvalue weighted by Crippen LogP contribution is -2.44. The van der Waals surface area contributed by atoms with Crippen LogP contribution in [0.2, 0.25) is 0 Å². The van der Waals surface area contributed by atoms with Gasteiger partial charge in [-0.3, -0.25) is 14.5 Å². The summed E-state index contributed by atoms with van der Waals surface area (Å²) in [5.74, 6) is -1.48. The van der Waals surface area contributed by atoms with E-state index in [1.165, 1.54) is 0 Å². The molecule has 2 N–H and O–H groups in total. The predicted octanol–water partition coefficient (Wildman–Crippen LogP) is 2.29. The Balaban J connectivity index is 1.58. The number of ether oxygens (including phenoxy) is 3. The van der Waals surface area contributed by atoms with Crippen LogP contribution in [0.5, 0.6) is 11.5 Å². The van der Waals surface area contributed by atoms with Crippen molar-refractivity contribution in [1.82, 2.24) is 15.5 Å². The van der Waals surface area contributed by atoms with Gasteiger partial charge < -0.3 is 24.8 Å². The van der Waals surface area contributed by atoms with Crippen LogP contribution in [0.15, 0.2) is 36.4 Å².